The second-order valence-electron chi connectivity index (χ2n) is 7.20. The summed E-state index contributed by atoms with van der Waals surface area (Å²) in [5.41, 5.74) is 2.03. The SMILES string of the molecule is Cc1cc(I)ccc1NC1CCCN(C(=O)OC(C)(C)C)CC1. The Morgan fingerprint density at radius 3 is 2.70 bits per heavy atom. The van der Waals surface area contributed by atoms with Crippen LogP contribution in [0.25, 0.3) is 0 Å². The number of benzene rings is 1. The van der Waals surface area contributed by atoms with Gasteiger partial charge in [-0.15, -0.1) is 0 Å². The summed E-state index contributed by atoms with van der Waals surface area (Å²) >= 11 is 2.33. The van der Waals surface area contributed by atoms with Gasteiger partial charge in [0, 0.05) is 28.4 Å². The third-order valence-electron chi connectivity index (χ3n) is 3.93. The Labute approximate surface area is 153 Å². The molecule has 1 saturated heterocycles. The molecule has 0 bridgehead atoms. The van der Waals surface area contributed by atoms with E-state index < -0.39 is 5.60 Å². The number of hydrogen-bond donors (Lipinski definition) is 1. The zero-order chi connectivity index (χ0) is 17.0. The number of anilines is 1. The van der Waals surface area contributed by atoms with Crippen molar-refractivity contribution >= 4 is 34.4 Å². The molecule has 1 aromatic rings. The van der Waals surface area contributed by atoms with Crippen molar-refractivity contribution in [3.8, 4) is 0 Å². The van der Waals surface area contributed by atoms with Crippen LogP contribution >= 0.6 is 22.6 Å². The summed E-state index contributed by atoms with van der Waals surface area (Å²) in [5.74, 6) is 0. The van der Waals surface area contributed by atoms with Crippen LogP contribution in [0.2, 0.25) is 0 Å². The minimum Gasteiger partial charge on any atom is -0.444 e. The monoisotopic (exact) mass is 430 g/mol. The Hall–Kier alpha value is -0.980. The molecule has 1 fully saturated rings. The number of carbonyl (C=O) groups excluding carboxylic acids is 1. The molecule has 0 spiro atoms. The van der Waals surface area contributed by atoms with Crippen LogP contribution in [-0.2, 0) is 4.74 Å². The Morgan fingerprint density at radius 1 is 1.30 bits per heavy atom. The van der Waals surface area contributed by atoms with Gasteiger partial charge in [-0.2, -0.15) is 0 Å². The topological polar surface area (TPSA) is 41.6 Å². The fourth-order valence-electron chi connectivity index (χ4n) is 2.76. The number of aryl methyl sites for hydroxylation is 1. The Morgan fingerprint density at radius 2 is 2.04 bits per heavy atom. The van der Waals surface area contributed by atoms with Gasteiger partial charge in [0.1, 0.15) is 5.60 Å². The molecule has 0 aliphatic carbocycles. The molecule has 1 N–H and O–H groups in total. The van der Waals surface area contributed by atoms with Crippen LogP contribution in [0.15, 0.2) is 18.2 Å². The number of carbonyl (C=O) groups is 1. The van der Waals surface area contributed by atoms with Gasteiger partial charge >= 0.3 is 6.09 Å². The van der Waals surface area contributed by atoms with Crippen molar-refractivity contribution in [2.24, 2.45) is 0 Å². The average molecular weight is 430 g/mol. The number of rotatable bonds is 2. The third-order valence-corrected chi connectivity index (χ3v) is 4.60. The van der Waals surface area contributed by atoms with Gasteiger partial charge in [-0.3, -0.25) is 0 Å². The first kappa shape index (κ1) is 18.4. The minimum absolute atomic E-state index is 0.191. The molecule has 1 heterocycles. The third kappa shape index (κ3) is 5.86. The molecule has 1 unspecified atom stereocenters. The Balaban J connectivity index is 1.92. The molecule has 23 heavy (non-hydrogen) atoms. The van der Waals surface area contributed by atoms with Crippen LogP contribution in [0.5, 0.6) is 0 Å². The number of likely N-dealkylation sites (tertiary alicyclic amines) is 1. The van der Waals surface area contributed by atoms with E-state index in [0.29, 0.717) is 6.04 Å². The van der Waals surface area contributed by atoms with Crippen molar-refractivity contribution in [1.82, 2.24) is 4.90 Å². The van der Waals surface area contributed by atoms with Gasteiger partial charge in [0.25, 0.3) is 0 Å². The van der Waals surface area contributed by atoms with Crippen LogP contribution < -0.4 is 5.32 Å². The Kier molecular flexibility index (Phi) is 6.17. The van der Waals surface area contributed by atoms with Crippen molar-refractivity contribution < 1.29 is 9.53 Å². The molecule has 1 atom stereocenters. The molecule has 1 amide bonds. The number of halogens is 1. The van der Waals surface area contributed by atoms with Crippen LogP contribution in [0.1, 0.15) is 45.6 Å². The van der Waals surface area contributed by atoms with Gasteiger partial charge in [0.15, 0.2) is 0 Å². The van der Waals surface area contributed by atoms with Crippen molar-refractivity contribution in [1.29, 1.82) is 0 Å². The molecule has 0 saturated carbocycles. The molecule has 0 aromatic heterocycles. The van der Waals surface area contributed by atoms with Gasteiger partial charge in [-0.1, -0.05) is 0 Å². The lowest BCUT2D eigenvalue weighted by atomic mass is 10.1. The summed E-state index contributed by atoms with van der Waals surface area (Å²) in [7, 11) is 0. The number of nitrogens with one attached hydrogen (secondary N) is 1. The fourth-order valence-corrected chi connectivity index (χ4v) is 3.41. The molecule has 4 nitrogen and oxygen atoms in total. The minimum atomic E-state index is -0.431. The van der Waals surface area contributed by atoms with Gasteiger partial charge in [0.2, 0.25) is 0 Å². The van der Waals surface area contributed by atoms with E-state index in [1.165, 1.54) is 14.8 Å². The van der Waals surface area contributed by atoms with E-state index in [-0.39, 0.29) is 6.09 Å². The summed E-state index contributed by atoms with van der Waals surface area (Å²) in [4.78, 5) is 14.0. The van der Waals surface area contributed by atoms with Gasteiger partial charge in [-0.25, -0.2) is 4.79 Å². The quantitative estimate of drug-likeness (QED) is 0.686. The molecule has 1 aromatic carbocycles. The summed E-state index contributed by atoms with van der Waals surface area (Å²) in [6.07, 6.45) is 2.83. The summed E-state index contributed by atoms with van der Waals surface area (Å²) < 4.78 is 6.74. The molecule has 128 valence electrons. The summed E-state index contributed by atoms with van der Waals surface area (Å²) in [6, 6.07) is 6.86. The zero-order valence-corrected chi connectivity index (χ0v) is 16.6. The Bertz CT molecular complexity index is 554. The highest BCUT2D eigenvalue weighted by Gasteiger charge is 2.25. The van der Waals surface area contributed by atoms with Crippen LogP contribution in [0, 0.1) is 10.5 Å². The maximum absolute atomic E-state index is 12.2. The highest BCUT2D eigenvalue weighted by Crippen LogP contribution is 2.22. The van der Waals surface area contributed by atoms with Crippen molar-refractivity contribution in [2.45, 2.75) is 58.6 Å². The molecule has 2 rings (SSSR count). The first-order valence-electron chi connectivity index (χ1n) is 8.25. The molecule has 1 aliphatic heterocycles. The standard InChI is InChI=1S/C18H27IN2O2/c1-13-12-14(19)7-8-16(13)20-15-6-5-10-21(11-9-15)17(22)23-18(2,3)4/h7-8,12,15,20H,5-6,9-11H2,1-4H3. The number of amides is 1. The van der Waals surface area contributed by atoms with Gasteiger partial charge in [0.05, 0.1) is 0 Å². The summed E-state index contributed by atoms with van der Waals surface area (Å²) in [5, 5.41) is 3.64. The van der Waals surface area contributed by atoms with Gasteiger partial charge < -0.3 is 15.0 Å². The second kappa shape index (κ2) is 7.73. The zero-order valence-electron chi connectivity index (χ0n) is 14.5. The average Bonchev–Trinajstić information content (AvgIpc) is 2.66. The normalized spacial score (nSPS) is 19.2. The highest BCUT2D eigenvalue weighted by atomic mass is 127. The van der Waals surface area contributed by atoms with E-state index in [1.54, 1.807) is 0 Å². The predicted octanol–water partition coefficient (Wildman–Crippen LogP) is 4.80. The van der Waals surface area contributed by atoms with Crippen molar-refractivity contribution in [2.75, 3.05) is 18.4 Å². The van der Waals surface area contributed by atoms with E-state index in [1.807, 2.05) is 25.7 Å². The van der Waals surface area contributed by atoms with Crippen LogP contribution in [0.3, 0.4) is 0 Å². The van der Waals surface area contributed by atoms with E-state index in [4.69, 9.17) is 4.74 Å². The van der Waals surface area contributed by atoms with E-state index in [2.05, 4.69) is 53.0 Å². The summed E-state index contributed by atoms with van der Waals surface area (Å²) in [6.45, 7) is 9.38. The van der Waals surface area contributed by atoms with Crippen LogP contribution in [0.4, 0.5) is 10.5 Å². The highest BCUT2D eigenvalue weighted by molar-refractivity contribution is 14.1. The van der Waals surface area contributed by atoms with E-state index in [9.17, 15) is 4.79 Å². The molecule has 0 radical (unpaired) electrons. The maximum Gasteiger partial charge on any atom is 0.410 e. The lowest BCUT2D eigenvalue weighted by Crippen LogP contribution is -2.37. The second-order valence-corrected chi connectivity index (χ2v) is 8.44. The first-order valence-corrected chi connectivity index (χ1v) is 9.33. The molecular formula is C18H27IN2O2. The van der Waals surface area contributed by atoms with Crippen LogP contribution in [-0.4, -0.2) is 35.7 Å². The molecular weight excluding hydrogens is 403 g/mol. The number of nitrogens with zero attached hydrogens (tertiary/aromatic N) is 1. The number of hydrogen-bond acceptors (Lipinski definition) is 3. The van der Waals surface area contributed by atoms with Crippen molar-refractivity contribution in [3.05, 3.63) is 27.3 Å². The fraction of sp³-hybridized carbons (Fsp3) is 0.611. The smallest absolute Gasteiger partial charge is 0.410 e. The maximum atomic E-state index is 12.2. The lowest BCUT2D eigenvalue weighted by Gasteiger charge is -2.26. The largest absolute Gasteiger partial charge is 0.444 e. The van der Waals surface area contributed by atoms with E-state index >= 15 is 0 Å². The van der Waals surface area contributed by atoms with Gasteiger partial charge in [-0.05, 0) is 93.3 Å². The molecule has 5 heteroatoms. The first-order chi connectivity index (χ1) is 10.7. The van der Waals surface area contributed by atoms with E-state index in [0.717, 1.165) is 32.4 Å². The molecule has 1 aliphatic rings. The van der Waals surface area contributed by atoms with Crippen molar-refractivity contribution in [3.63, 3.8) is 0 Å². The lowest BCUT2D eigenvalue weighted by molar-refractivity contribution is 0.0256. The predicted molar refractivity (Wildman–Crippen MR) is 103 cm³/mol. The number of ether oxygens (including phenoxy) is 1.